The van der Waals surface area contributed by atoms with E-state index in [1.807, 2.05) is 12.1 Å². The summed E-state index contributed by atoms with van der Waals surface area (Å²) in [6.07, 6.45) is 0. The lowest BCUT2D eigenvalue weighted by Crippen LogP contribution is -2.36. The van der Waals surface area contributed by atoms with Gasteiger partial charge in [-0.3, -0.25) is 4.99 Å². The minimum Gasteiger partial charge on any atom is -0.369 e. The topological polar surface area (TPSA) is 41.6 Å². The van der Waals surface area contributed by atoms with E-state index in [1.54, 1.807) is 0 Å². The molecule has 0 aromatic heterocycles. The van der Waals surface area contributed by atoms with E-state index in [0.717, 1.165) is 10.2 Å². The zero-order valence-electron chi connectivity index (χ0n) is 11.3. The fraction of sp³-hybridized carbons (Fsp3) is 0.188. The Morgan fingerprint density at radius 3 is 2.55 bits per heavy atom. The number of aryl methyl sites for hydroxylation is 1. The Kier molecular flexibility index (Phi) is 3.49. The van der Waals surface area contributed by atoms with E-state index >= 15 is 0 Å². The highest BCUT2D eigenvalue weighted by Crippen LogP contribution is 2.34. The Labute approximate surface area is 127 Å². The lowest BCUT2D eigenvalue weighted by molar-refractivity contribution is 0.765. The largest absolute Gasteiger partial charge is 0.369 e. The molecule has 1 aliphatic rings. The van der Waals surface area contributed by atoms with Crippen LogP contribution in [-0.4, -0.2) is 12.5 Å². The average Bonchev–Trinajstić information content (AvgIpc) is 2.82. The van der Waals surface area contributed by atoms with Gasteiger partial charge in [0, 0.05) is 10.2 Å². The number of halogens is 1. The zero-order chi connectivity index (χ0) is 14.1. The molecule has 0 saturated heterocycles. The van der Waals surface area contributed by atoms with Crippen LogP contribution in [0.5, 0.6) is 0 Å². The Morgan fingerprint density at radius 2 is 1.85 bits per heavy atom. The van der Waals surface area contributed by atoms with Gasteiger partial charge < -0.3 is 10.6 Å². The zero-order valence-corrected chi connectivity index (χ0v) is 12.8. The van der Waals surface area contributed by atoms with Crippen LogP contribution in [0, 0.1) is 6.92 Å². The maximum atomic E-state index is 6.09. The smallest absolute Gasteiger partial charge is 0.196 e. The second-order valence-electron chi connectivity index (χ2n) is 4.94. The molecule has 2 aromatic rings. The number of rotatable bonds is 2. The van der Waals surface area contributed by atoms with E-state index in [1.165, 1.54) is 11.1 Å². The minimum absolute atomic E-state index is 0.147. The van der Waals surface area contributed by atoms with Crippen molar-refractivity contribution >= 4 is 27.6 Å². The van der Waals surface area contributed by atoms with Crippen molar-refractivity contribution in [2.45, 2.75) is 13.0 Å². The third-order valence-electron chi connectivity index (χ3n) is 3.56. The molecule has 20 heavy (non-hydrogen) atoms. The van der Waals surface area contributed by atoms with Crippen molar-refractivity contribution in [3.05, 3.63) is 64.1 Å². The Morgan fingerprint density at radius 1 is 1.15 bits per heavy atom. The van der Waals surface area contributed by atoms with Crippen molar-refractivity contribution in [2.24, 2.45) is 10.7 Å². The summed E-state index contributed by atoms with van der Waals surface area (Å²) < 4.78 is 1.09. The molecule has 2 N–H and O–H groups in total. The molecule has 0 amide bonds. The van der Waals surface area contributed by atoms with E-state index in [4.69, 9.17) is 5.73 Å². The number of guanidine groups is 1. The standard InChI is InChI=1S/C16H16BrN3/c1-11-6-8-12(9-7-11)20-15(10-19-16(20)18)13-4-2-3-5-14(13)17/h2-9,15H,10H2,1H3,(H2,18,19). The van der Waals surface area contributed by atoms with E-state index in [0.29, 0.717) is 12.5 Å². The van der Waals surface area contributed by atoms with Gasteiger partial charge in [-0.1, -0.05) is 51.8 Å². The summed E-state index contributed by atoms with van der Waals surface area (Å²) in [5.74, 6) is 0.578. The monoisotopic (exact) mass is 329 g/mol. The van der Waals surface area contributed by atoms with Crippen LogP contribution in [0.3, 0.4) is 0 Å². The van der Waals surface area contributed by atoms with Gasteiger partial charge in [-0.2, -0.15) is 0 Å². The predicted octanol–water partition coefficient (Wildman–Crippen LogP) is 3.63. The number of hydrogen-bond acceptors (Lipinski definition) is 3. The van der Waals surface area contributed by atoms with Gasteiger partial charge in [-0.15, -0.1) is 0 Å². The maximum Gasteiger partial charge on any atom is 0.196 e. The molecule has 0 radical (unpaired) electrons. The SMILES string of the molecule is Cc1ccc(N2C(N)=NCC2c2ccccc2Br)cc1. The first-order valence-electron chi connectivity index (χ1n) is 6.57. The first-order chi connectivity index (χ1) is 9.66. The summed E-state index contributed by atoms with van der Waals surface area (Å²) in [6.45, 7) is 2.76. The number of hydrogen-bond donors (Lipinski definition) is 1. The van der Waals surface area contributed by atoms with Crippen LogP contribution in [0.2, 0.25) is 0 Å². The second-order valence-corrected chi connectivity index (χ2v) is 5.80. The highest BCUT2D eigenvalue weighted by atomic mass is 79.9. The molecule has 1 unspecified atom stereocenters. The first kappa shape index (κ1) is 13.2. The summed E-state index contributed by atoms with van der Waals surface area (Å²) in [4.78, 5) is 6.51. The molecular formula is C16H16BrN3. The number of benzene rings is 2. The molecule has 3 nitrogen and oxygen atoms in total. The molecule has 4 heteroatoms. The number of nitrogens with two attached hydrogens (primary N) is 1. The highest BCUT2D eigenvalue weighted by Gasteiger charge is 2.29. The molecule has 0 saturated carbocycles. The van der Waals surface area contributed by atoms with E-state index in [-0.39, 0.29) is 6.04 Å². The molecule has 0 aliphatic carbocycles. The summed E-state index contributed by atoms with van der Waals surface area (Å²) >= 11 is 3.62. The van der Waals surface area contributed by atoms with Gasteiger partial charge in [0.1, 0.15) is 0 Å². The van der Waals surface area contributed by atoms with Crippen LogP contribution < -0.4 is 10.6 Å². The van der Waals surface area contributed by atoms with Crippen LogP contribution in [0.25, 0.3) is 0 Å². The van der Waals surface area contributed by atoms with Gasteiger partial charge in [0.25, 0.3) is 0 Å². The predicted molar refractivity (Wildman–Crippen MR) is 87.0 cm³/mol. The fourth-order valence-corrected chi connectivity index (χ4v) is 3.05. The van der Waals surface area contributed by atoms with Crippen LogP contribution >= 0.6 is 15.9 Å². The van der Waals surface area contributed by atoms with Crippen LogP contribution in [-0.2, 0) is 0 Å². The second kappa shape index (κ2) is 5.29. The lowest BCUT2D eigenvalue weighted by Gasteiger charge is -2.27. The fourth-order valence-electron chi connectivity index (χ4n) is 2.50. The first-order valence-corrected chi connectivity index (χ1v) is 7.36. The highest BCUT2D eigenvalue weighted by molar-refractivity contribution is 9.10. The van der Waals surface area contributed by atoms with Crippen molar-refractivity contribution in [1.82, 2.24) is 0 Å². The number of anilines is 1. The van der Waals surface area contributed by atoms with Crippen molar-refractivity contribution in [1.29, 1.82) is 0 Å². The number of nitrogens with zero attached hydrogens (tertiary/aromatic N) is 2. The van der Waals surface area contributed by atoms with Gasteiger partial charge in [-0.05, 0) is 30.7 Å². The third kappa shape index (κ3) is 2.31. The summed E-state index contributed by atoms with van der Waals surface area (Å²) in [7, 11) is 0. The van der Waals surface area contributed by atoms with E-state index < -0.39 is 0 Å². The molecule has 1 aliphatic heterocycles. The van der Waals surface area contributed by atoms with Gasteiger partial charge in [-0.25, -0.2) is 0 Å². The maximum absolute atomic E-state index is 6.09. The van der Waals surface area contributed by atoms with Crippen molar-refractivity contribution < 1.29 is 0 Å². The summed E-state index contributed by atoms with van der Waals surface area (Å²) in [5.41, 5.74) is 9.61. The minimum atomic E-state index is 0.147. The quantitative estimate of drug-likeness (QED) is 0.913. The molecule has 3 rings (SSSR count). The normalized spacial score (nSPS) is 18.2. The van der Waals surface area contributed by atoms with Gasteiger partial charge in [0.05, 0.1) is 12.6 Å². The molecule has 1 heterocycles. The third-order valence-corrected chi connectivity index (χ3v) is 4.28. The molecule has 0 spiro atoms. The van der Waals surface area contributed by atoms with Crippen molar-refractivity contribution in [3.8, 4) is 0 Å². The van der Waals surface area contributed by atoms with E-state index in [9.17, 15) is 0 Å². The van der Waals surface area contributed by atoms with Gasteiger partial charge in [0.15, 0.2) is 5.96 Å². The van der Waals surface area contributed by atoms with Crippen LogP contribution in [0.4, 0.5) is 5.69 Å². The van der Waals surface area contributed by atoms with Crippen LogP contribution in [0.15, 0.2) is 58.0 Å². The Bertz CT molecular complexity index is 649. The summed E-state index contributed by atoms with van der Waals surface area (Å²) in [6, 6.07) is 16.7. The molecule has 2 aromatic carbocycles. The van der Waals surface area contributed by atoms with Gasteiger partial charge in [0.2, 0.25) is 0 Å². The molecular weight excluding hydrogens is 314 g/mol. The van der Waals surface area contributed by atoms with Crippen molar-refractivity contribution in [3.63, 3.8) is 0 Å². The van der Waals surface area contributed by atoms with E-state index in [2.05, 4.69) is 69.1 Å². The molecule has 0 bridgehead atoms. The van der Waals surface area contributed by atoms with Gasteiger partial charge >= 0.3 is 0 Å². The molecule has 1 atom stereocenters. The van der Waals surface area contributed by atoms with Crippen molar-refractivity contribution in [2.75, 3.05) is 11.4 Å². The summed E-state index contributed by atoms with van der Waals surface area (Å²) in [5, 5.41) is 0. The Balaban J connectivity index is 2.01. The Hall–Kier alpha value is -1.81. The molecule has 0 fully saturated rings. The number of aliphatic imine (C=N–C) groups is 1. The van der Waals surface area contributed by atoms with Crippen LogP contribution in [0.1, 0.15) is 17.2 Å². The average molecular weight is 330 g/mol. The lowest BCUT2D eigenvalue weighted by atomic mass is 10.1. The molecule has 102 valence electrons.